The smallest absolute Gasteiger partial charge is 0.266 e. The number of carbonyl (C=O) groups excluding carboxylic acids is 1. The third-order valence-electron chi connectivity index (χ3n) is 5.06. The number of hydrogen-bond donors (Lipinski definition) is 1. The fourth-order valence-electron chi connectivity index (χ4n) is 3.71. The normalized spacial score (nSPS) is 19.3. The number of fused-ring (bicyclic) bond motifs is 1. The Morgan fingerprint density at radius 1 is 1.32 bits per heavy atom. The zero-order valence-corrected chi connectivity index (χ0v) is 16.8. The first-order chi connectivity index (χ1) is 14.9. The Balaban J connectivity index is 1.61. The summed E-state index contributed by atoms with van der Waals surface area (Å²) in [7, 11) is 0. The molecule has 4 rings (SSSR count). The van der Waals surface area contributed by atoms with Gasteiger partial charge in [0.25, 0.3) is 17.6 Å². The lowest BCUT2D eigenvalue weighted by molar-refractivity contribution is -0.138. The highest BCUT2D eigenvalue weighted by atomic mass is 19.3. The van der Waals surface area contributed by atoms with Gasteiger partial charge in [0.05, 0.1) is 23.5 Å². The average Bonchev–Trinajstić information content (AvgIpc) is 3.21. The minimum Gasteiger partial charge on any atom is -0.404 e. The lowest BCUT2D eigenvalue weighted by atomic mass is 9.91. The van der Waals surface area contributed by atoms with Crippen molar-refractivity contribution in [2.45, 2.75) is 25.2 Å². The number of hydrogen-bond acceptors (Lipinski definition) is 6. The summed E-state index contributed by atoms with van der Waals surface area (Å²) >= 11 is 0. The van der Waals surface area contributed by atoms with Gasteiger partial charge in [-0.3, -0.25) is 9.79 Å². The molecule has 31 heavy (non-hydrogen) atoms. The van der Waals surface area contributed by atoms with Gasteiger partial charge in [0, 0.05) is 37.0 Å². The van der Waals surface area contributed by atoms with Crippen molar-refractivity contribution in [3.8, 4) is 0 Å². The van der Waals surface area contributed by atoms with Gasteiger partial charge in [-0.15, -0.1) is 0 Å². The number of halogens is 2. The summed E-state index contributed by atoms with van der Waals surface area (Å²) < 4.78 is 30.8. The van der Waals surface area contributed by atoms with E-state index in [1.807, 2.05) is 6.07 Å². The number of aliphatic imine (C=N–C) groups is 1. The minimum atomic E-state index is -3.07. The molecule has 2 aromatic heterocycles. The van der Waals surface area contributed by atoms with Crippen LogP contribution in [-0.2, 0) is 4.79 Å². The summed E-state index contributed by atoms with van der Waals surface area (Å²) in [5.41, 5.74) is 7.46. The van der Waals surface area contributed by atoms with Gasteiger partial charge in [0.2, 0.25) is 0 Å². The minimum absolute atomic E-state index is 0.0390. The van der Waals surface area contributed by atoms with Crippen LogP contribution in [0.3, 0.4) is 0 Å². The van der Waals surface area contributed by atoms with Gasteiger partial charge < -0.3 is 10.6 Å². The van der Waals surface area contributed by atoms with Crippen molar-refractivity contribution in [3.05, 3.63) is 65.9 Å². The Bertz CT molecular complexity index is 1160. The summed E-state index contributed by atoms with van der Waals surface area (Å²) in [6.07, 6.45) is 3.30. The number of para-hydroxylation sites is 1. The first-order valence-corrected chi connectivity index (χ1v) is 9.72. The fraction of sp³-hybridized carbons (Fsp3) is 0.286. The van der Waals surface area contributed by atoms with Crippen LogP contribution in [-0.4, -0.2) is 55.6 Å². The largest absolute Gasteiger partial charge is 0.404 e. The summed E-state index contributed by atoms with van der Waals surface area (Å²) in [6, 6.07) is 10.7. The van der Waals surface area contributed by atoms with Crippen LogP contribution in [0.4, 0.5) is 14.5 Å². The van der Waals surface area contributed by atoms with E-state index in [2.05, 4.69) is 20.1 Å². The molecule has 1 fully saturated rings. The van der Waals surface area contributed by atoms with Gasteiger partial charge in [-0.25, -0.2) is 18.3 Å². The maximum absolute atomic E-state index is 14.7. The Morgan fingerprint density at radius 3 is 2.84 bits per heavy atom. The average molecular weight is 425 g/mol. The molecular formula is C21H21F2N7O. The number of piperidine rings is 1. The van der Waals surface area contributed by atoms with Gasteiger partial charge in [0.15, 0.2) is 0 Å². The Labute approximate surface area is 177 Å². The highest BCUT2D eigenvalue weighted by molar-refractivity contribution is 6.12. The van der Waals surface area contributed by atoms with Crippen LogP contribution in [0.1, 0.15) is 23.7 Å². The zero-order chi connectivity index (χ0) is 22.0. The number of likely N-dealkylation sites (tertiary alicyclic amines) is 1. The van der Waals surface area contributed by atoms with Crippen molar-refractivity contribution in [3.63, 3.8) is 0 Å². The molecule has 3 aromatic rings. The molecule has 0 radical (unpaired) electrons. The fourth-order valence-corrected chi connectivity index (χ4v) is 3.71. The Hall–Kier alpha value is -3.69. The number of amides is 1. The number of alkyl halides is 2. The highest BCUT2D eigenvalue weighted by Crippen LogP contribution is 2.36. The van der Waals surface area contributed by atoms with E-state index >= 15 is 0 Å². The second kappa shape index (κ2) is 8.21. The molecule has 0 saturated carbocycles. The van der Waals surface area contributed by atoms with Gasteiger partial charge in [-0.2, -0.15) is 10.1 Å². The van der Waals surface area contributed by atoms with E-state index in [4.69, 9.17) is 5.73 Å². The molecule has 0 spiro atoms. The molecule has 1 aromatic carbocycles. The maximum Gasteiger partial charge on any atom is 0.266 e. The quantitative estimate of drug-likeness (QED) is 0.511. The van der Waals surface area contributed by atoms with Crippen molar-refractivity contribution in [1.29, 1.82) is 0 Å². The van der Waals surface area contributed by atoms with E-state index in [1.165, 1.54) is 17.1 Å². The number of nitrogens with zero attached hydrogens (tertiary/aromatic N) is 6. The summed E-state index contributed by atoms with van der Waals surface area (Å²) in [6.45, 7) is 1.16. The zero-order valence-electron chi connectivity index (χ0n) is 16.8. The molecule has 0 aliphatic carbocycles. The third-order valence-corrected chi connectivity index (χ3v) is 5.06. The second-order valence-corrected chi connectivity index (χ2v) is 7.45. The highest BCUT2D eigenvalue weighted by Gasteiger charge is 2.43. The first-order valence-electron chi connectivity index (χ1n) is 9.72. The Morgan fingerprint density at radius 2 is 2.10 bits per heavy atom. The summed E-state index contributed by atoms with van der Waals surface area (Å²) in [5, 5.41) is 4.11. The van der Waals surface area contributed by atoms with E-state index in [1.54, 1.807) is 37.3 Å². The molecule has 0 bridgehead atoms. The van der Waals surface area contributed by atoms with Crippen molar-refractivity contribution in [2.75, 3.05) is 13.1 Å². The molecule has 1 atom stereocenters. The monoisotopic (exact) mass is 425 g/mol. The van der Waals surface area contributed by atoms with Gasteiger partial charge >= 0.3 is 0 Å². The van der Waals surface area contributed by atoms with Crippen molar-refractivity contribution in [2.24, 2.45) is 10.7 Å². The molecule has 2 N–H and O–H groups in total. The van der Waals surface area contributed by atoms with Crippen LogP contribution in [0, 0.1) is 6.92 Å². The van der Waals surface area contributed by atoms with E-state index in [0.717, 1.165) is 11.1 Å². The predicted octanol–water partition coefficient (Wildman–Crippen LogP) is 2.63. The van der Waals surface area contributed by atoms with Gasteiger partial charge in [-0.05, 0) is 25.1 Å². The topological polar surface area (TPSA) is 102 Å². The molecule has 1 unspecified atom stereocenters. The molecule has 8 nitrogen and oxygen atoms in total. The lowest BCUT2D eigenvalue weighted by Gasteiger charge is -2.37. The van der Waals surface area contributed by atoms with Crippen LogP contribution >= 0.6 is 0 Å². The summed E-state index contributed by atoms with van der Waals surface area (Å²) in [5.74, 6) is -3.99. The SMILES string of the molecule is Cc1cc(C2CN(C(=O)C(C=Nc3ccccc3)=CN)CC(F)(F)C2)n2ncnc2n1. The van der Waals surface area contributed by atoms with Crippen LogP contribution in [0.15, 0.2) is 59.5 Å². The standard InChI is InChI=1S/C21H21F2N7O/c1-14-7-18(30-20(28-14)26-13-27-30)15-8-21(22,23)12-29(11-15)19(31)16(9-24)10-25-17-5-3-2-4-6-17/h2-7,9-10,13,15H,8,11-12,24H2,1H3. The van der Waals surface area contributed by atoms with Gasteiger partial charge in [-0.1, -0.05) is 18.2 Å². The molecule has 3 heterocycles. The van der Waals surface area contributed by atoms with Crippen molar-refractivity contribution in [1.82, 2.24) is 24.5 Å². The van der Waals surface area contributed by atoms with E-state index in [9.17, 15) is 13.6 Å². The number of rotatable bonds is 4. The predicted molar refractivity (Wildman–Crippen MR) is 111 cm³/mol. The lowest BCUT2D eigenvalue weighted by Crippen LogP contribution is -2.49. The van der Waals surface area contributed by atoms with E-state index in [0.29, 0.717) is 22.9 Å². The molecule has 1 amide bonds. The molecule has 1 saturated heterocycles. The second-order valence-electron chi connectivity index (χ2n) is 7.45. The van der Waals surface area contributed by atoms with Gasteiger partial charge in [0.1, 0.15) is 6.33 Å². The molecule has 1 aliphatic heterocycles. The van der Waals surface area contributed by atoms with Crippen LogP contribution in [0.2, 0.25) is 0 Å². The number of aromatic nitrogens is 4. The van der Waals surface area contributed by atoms with E-state index in [-0.39, 0.29) is 12.1 Å². The van der Waals surface area contributed by atoms with E-state index < -0.39 is 30.7 Å². The van der Waals surface area contributed by atoms with Crippen molar-refractivity contribution >= 4 is 23.6 Å². The molecule has 10 heteroatoms. The number of benzene rings is 1. The Kier molecular flexibility index (Phi) is 5.45. The summed E-state index contributed by atoms with van der Waals surface area (Å²) in [4.78, 5) is 26.6. The number of nitrogens with two attached hydrogens (primary N) is 1. The van der Waals surface area contributed by atoms with Crippen LogP contribution in [0.5, 0.6) is 0 Å². The van der Waals surface area contributed by atoms with Crippen LogP contribution in [0.25, 0.3) is 5.78 Å². The van der Waals surface area contributed by atoms with Crippen LogP contribution < -0.4 is 5.73 Å². The molecule has 160 valence electrons. The molecular weight excluding hydrogens is 404 g/mol. The molecule has 1 aliphatic rings. The van der Waals surface area contributed by atoms with Crippen molar-refractivity contribution < 1.29 is 13.6 Å². The third kappa shape index (κ3) is 4.42. The number of aryl methyl sites for hydroxylation is 1. The maximum atomic E-state index is 14.7. The number of carbonyl (C=O) groups is 1. The first kappa shape index (κ1) is 20.6.